The fourth-order valence-corrected chi connectivity index (χ4v) is 5.96. The first kappa shape index (κ1) is 25.3. The predicted molar refractivity (Wildman–Crippen MR) is 142 cm³/mol. The molecule has 5 rings (SSSR count). The molecule has 0 radical (unpaired) electrons. The number of halogens is 3. The third-order valence-corrected chi connectivity index (χ3v) is 7.91. The molecule has 0 spiro atoms. The van der Waals surface area contributed by atoms with Crippen molar-refractivity contribution in [3.05, 3.63) is 33.4 Å². The molecule has 36 heavy (non-hydrogen) atoms. The van der Waals surface area contributed by atoms with E-state index in [9.17, 15) is 4.79 Å². The highest BCUT2D eigenvalue weighted by Gasteiger charge is 2.30. The van der Waals surface area contributed by atoms with Crippen molar-refractivity contribution in [2.45, 2.75) is 51.1 Å². The Morgan fingerprint density at radius 3 is 2.50 bits per heavy atom. The van der Waals surface area contributed by atoms with E-state index in [4.69, 9.17) is 55.2 Å². The van der Waals surface area contributed by atoms with Gasteiger partial charge in [-0.25, -0.2) is 9.97 Å². The highest BCUT2D eigenvalue weighted by atomic mass is 35.5. The van der Waals surface area contributed by atoms with Gasteiger partial charge in [-0.3, -0.25) is 9.36 Å². The zero-order valence-corrected chi connectivity index (χ0v) is 22.1. The van der Waals surface area contributed by atoms with Crippen molar-refractivity contribution in [2.24, 2.45) is 17.6 Å². The first-order valence-corrected chi connectivity index (χ1v) is 13.2. The second-order valence-corrected chi connectivity index (χ2v) is 10.8. The number of anilines is 3. The number of ether oxygens (including phenoxy) is 1. The van der Waals surface area contributed by atoms with Gasteiger partial charge in [0, 0.05) is 29.6 Å². The number of nitrogens with two attached hydrogens (primary N) is 1. The van der Waals surface area contributed by atoms with Crippen LogP contribution in [0.15, 0.2) is 18.3 Å². The highest BCUT2D eigenvalue weighted by Crippen LogP contribution is 2.40. The average molecular weight is 553 g/mol. The number of carbonyl (C=O) groups excluding carboxylic acids is 1. The second-order valence-electron chi connectivity index (χ2n) is 9.58. The van der Waals surface area contributed by atoms with E-state index in [0.29, 0.717) is 75.8 Å². The van der Waals surface area contributed by atoms with E-state index < -0.39 is 0 Å². The summed E-state index contributed by atoms with van der Waals surface area (Å²) in [7, 11) is 0. The number of hydrogen-bond donors (Lipinski definition) is 3. The summed E-state index contributed by atoms with van der Waals surface area (Å²) in [6.07, 6.45) is 5.55. The lowest BCUT2D eigenvalue weighted by Gasteiger charge is -2.30. The van der Waals surface area contributed by atoms with Gasteiger partial charge in [0.1, 0.15) is 5.52 Å². The normalized spacial score (nSPS) is 24.6. The maximum Gasteiger partial charge on any atom is 0.224 e. The molecule has 0 bridgehead atoms. The SMILES string of the molecule is C[C@H]1COCC[C@@H]1Nc1ncc2nc(Nc3c(Cl)cc(Cl)cc3Cl)n(C3CCC(C(N)=O)CC3)c2n1. The molecule has 1 aliphatic carbocycles. The van der Waals surface area contributed by atoms with Crippen LogP contribution >= 0.6 is 34.8 Å². The lowest BCUT2D eigenvalue weighted by atomic mass is 9.85. The van der Waals surface area contributed by atoms with E-state index in [0.717, 1.165) is 19.3 Å². The van der Waals surface area contributed by atoms with Gasteiger partial charge in [0.2, 0.25) is 17.8 Å². The molecule has 3 heterocycles. The van der Waals surface area contributed by atoms with E-state index in [1.807, 2.05) is 0 Å². The Balaban J connectivity index is 1.53. The third-order valence-electron chi connectivity index (χ3n) is 7.10. The quantitative estimate of drug-likeness (QED) is 0.365. The largest absolute Gasteiger partial charge is 0.381 e. The molecule has 2 aliphatic rings. The van der Waals surface area contributed by atoms with Crippen molar-refractivity contribution < 1.29 is 9.53 Å². The molecule has 0 unspecified atom stereocenters. The number of carbonyl (C=O) groups is 1. The number of imidazole rings is 1. The molecular formula is C24H28Cl3N7O2. The van der Waals surface area contributed by atoms with Gasteiger partial charge in [-0.2, -0.15) is 4.98 Å². The van der Waals surface area contributed by atoms with Gasteiger partial charge in [-0.05, 0) is 50.2 Å². The monoisotopic (exact) mass is 551 g/mol. The topological polar surface area (TPSA) is 120 Å². The van der Waals surface area contributed by atoms with E-state index in [-0.39, 0.29) is 23.9 Å². The summed E-state index contributed by atoms with van der Waals surface area (Å²) in [6.45, 7) is 3.57. The minimum Gasteiger partial charge on any atom is -0.381 e. The fourth-order valence-electron chi connectivity index (χ4n) is 5.05. The summed E-state index contributed by atoms with van der Waals surface area (Å²) < 4.78 is 7.63. The number of amides is 1. The molecule has 4 N–H and O–H groups in total. The van der Waals surface area contributed by atoms with E-state index in [2.05, 4.69) is 27.1 Å². The summed E-state index contributed by atoms with van der Waals surface area (Å²) in [4.78, 5) is 25.9. The van der Waals surface area contributed by atoms with Crippen molar-refractivity contribution in [3.8, 4) is 0 Å². The van der Waals surface area contributed by atoms with E-state index in [1.165, 1.54) is 0 Å². The number of aromatic nitrogens is 4. The van der Waals surface area contributed by atoms with Crippen LogP contribution in [0.25, 0.3) is 11.2 Å². The van der Waals surface area contributed by atoms with Crippen LogP contribution in [0.1, 0.15) is 45.1 Å². The van der Waals surface area contributed by atoms with Crippen molar-refractivity contribution >= 4 is 69.5 Å². The van der Waals surface area contributed by atoms with Gasteiger partial charge in [-0.1, -0.05) is 41.7 Å². The summed E-state index contributed by atoms with van der Waals surface area (Å²) >= 11 is 19.0. The van der Waals surface area contributed by atoms with Crippen LogP contribution < -0.4 is 16.4 Å². The van der Waals surface area contributed by atoms with Crippen LogP contribution in [-0.2, 0) is 9.53 Å². The highest BCUT2D eigenvalue weighted by molar-refractivity contribution is 6.41. The van der Waals surface area contributed by atoms with Crippen LogP contribution in [-0.4, -0.2) is 44.7 Å². The van der Waals surface area contributed by atoms with Crippen molar-refractivity contribution in [1.29, 1.82) is 0 Å². The van der Waals surface area contributed by atoms with Crippen molar-refractivity contribution in [1.82, 2.24) is 19.5 Å². The molecule has 2 aromatic heterocycles. The Morgan fingerprint density at radius 1 is 1.11 bits per heavy atom. The van der Waals surface area contributed by atoms with Gasteiger partial charge in [0.25, 0.3) is 0 Å². The zero-order chi connectivity index (χ0) is 25.4. The Kier molecular flexibility index (Phi) is 7.44. The number of benzene rings is 1. The number of fused-ring (bicyclic) bond motifs is 1. The van der Waals surface area contributed by atoms with Gasteiger partial charge >= 0.3 is 0 Å². The van der Waals surface area contributed by atoms with Crippen LogP contribution in [0, 0.1) is 11.8 Å². The summed E-state index contributed by atoms with van der Waals surface area (Å²) in [6, 6.07) is 3.53. The number of hydrogen-bond acceptors (Lipinski definition) is 7. The van der Waals surface area contributed by atoms with Crippen molar-refractivity contribution in [2.75, 3.05) is 23.8 Å². The Labute approximate surface area is 224 Å². The molecule has 1 aromatic carbocycles. The minimum atomic E-state index is -0.249. The Hall–Kier alpha value is -2.33. The molecule has 3 aromatic rings. The van der Waals surface area contributed by atoms with E-state index in [1.54, 1.807) is 18.3 Å². The molecule has 12 heteroatoms. The number of rotatable bonds is 6. The standard InChI is InChI=1S/C24H28Cl3N7O2/c1-12-11-36-7-6-18(12)30-23-29-10-19-22(33-23)34(15-4-2-13(3-5-15)21(28)35)24(31-19)32-20-16(26)8-14(25)9-17(20)27/h8-10,12-13,15,18H,2-7,11H2,1H3,(H2,28,35)(H,31,32)(H,29,30,33)/t12-,13?,15?,18-/m0/s1. The van der Waals surface area contributed by atoms with Gasteiger partial charge in [0.15, 0.2) is 5.65 Å². The number of primary amides is 1. The molecule has 1 aliphatic heterocycles. The van der Waals surface area contributed by atoms with Crippen LogP contribution in [0.2, 0.25) is 15.1 Å². The lowest BCUT2D eigenvalue weighted by molar-refractivity contribution is -0.122. The van der Waals surface area contributed by atoms with Crippen LogP contribution in [0.3, 0.4) is 0 Å². The summed E-state index contributed by atoms with van der Waals surface area (Å²) in [5.41, 5.74) is 7.41. The smallest absolute Gasteiger partial charge is 0.224 e. The lowest BCUT2D eigenvalue weighted by Crippen LogP contribution is -2.36. The molecule has 2 fully saturated rings. The summed E-state index contributed by atoms with van der Waals surface area (Å²) in [5, 5.41) is 7.98. The van der Waals surface area contributed by atoms with E-state index >= 15 is 0 Å². The summed E-state index contributed by atoms with van der Waals surface area (Å²) in [5.74, 6) is 1.07. The van der Waals surface area contributed by atoms with Gasteiger partial charge < -0.3 is 21.1 Å². The molecule has 1 saturated carbocycles. The number of nitrogens with zero attached hydrogens (tertiary/aromatic N) is 4. The molecule has 192 valence electrons. The van der Waals surface area contributed by atoms with Crippen LogP contribution in [0.4, 0.5) is 17.6 Å². The third kappa shape index (κ3) is 5.20. The molecular weight excluding hydrogens is 525 g/mol. The fraction of sp³-hybridized carbons (Fsp3) is 0.500. The zero-order valence-electron chi connectivity index (χ0n) is 19.8. The van der Waals surface area contributed by atoms with Gasteiger partial charge in [-0.15, -0.1) is 0 Å². The molecule has 9 nitrogen and oxygen atoms in total. The van der Waals surface area contributed by atoms with Gasteiger partial charge in [0.05, 0.1) is 28.5 Å². The molecule has 1 saturated heterocycles. The Bertz CT molecular complexity index is 1250. The first-order chi connectivity index (χ1) is 17.3. The Morgan fingerprint density at radius 2 is 1.83 bits per heavy atom. The maximum absolute atomic E-state index is 11.7. The first-order valence-electron chi connectivity index (χ1n) is 12.1. The van der Waals surface area contributed by atoms with Crippen LogP contribution in [0.5, 0.6) is 0 Å². The molecule has 1 amide bonds. The average Bonchev–Trinajstić information content (AvgIpc) is 3.20. The maximum atomic E-state index is 11.7. The van der Waals surface area contributed by atoms with Crippen molar-refractivity contribution in [3.63, 3.8) is 0 Å². The predicted octanol–water partition coefficient (Wildman–Crippen LogP) is 5.58. The minimum absolute atomic E-state index is 0.0581. The second kappa shape index (κ2) is 10.6. The number of nitrogens with one attached hydrogen (secondary N) is 2. The molecule has 2 atom stereocenters.